The minimum atomic E-state index is -3.61. The summed E-state index contributed by atoms with van der Waals surface area (Å²) in [5, 5.41) is 8.85. The van der Waals surface area contributed by atoms with Crippen LogP contribution in [0, 0.1) is 11.3 Å². The predicted molar refractivity (Wildman–Crippen MR) is 242 cm³/mol. The lowest BCUT2D eigenvalue weighted by Crippen LogP contribution is -2.59. The van der Waals surface area contributed by atoms with Gasteiger partial charge < -0.3 is 30.3 Å². The number of rotatable bonds is 19. The molecule has 4 rings (SSSR count). The molecule has 3 aromatic carbocycles. The SMILES string of the molecule is CC(C)[C@@H](CS(=O)(=O)C(C)C)N1C(=O)[C@@](C)(CC(=O)Nc2ccc(C(=O)NCCCOCCCNC(=O)OC(C)(C)C)cc2)C[C@H](c2cccc(Cl)c2)[C@H]1c1ccc(Cl)cc1. The minimum Gasteiger partial charge on any atom is -0.444 e. The van der Waals surface area contributed by atoms with Crippen LogP contribution in [-0.2, 0) is 28.9 Å². The summed E-state index contributed by atoms with van der Waals surface area (Å²) in [5.74, 6) is -1.85. The number of hydrogen-bond acceptors (Lipinski definition) is 8. The molecule has 1 saturated heterocycles. The molecule has 15 heteroatoms. The molecule has 3 N–H and O–H groups in total. The Morgan fingerprint density at radius 2 is 1.49 bits per heavy atom. The average molecular weight is 902 g/mol. The lowest BCUT2D eigenvalue weighted by atomic mass is 9.66. The number of carbonyl (C=O) groups is 4. The van der Waals surface area contributed by atoms with Gasteiger partial charge >= 0.3 is 6.09 Å². The van der Waals surface area contributed by atoms with Gasteiger partial charge in [-0.05, 0) is 119 Å². The Hall–Kier alpha value is -4.17. The number of ether oxygens (including phenoxy) is 2. The normalized spacial score (nSPS) is 18.8. The molecule has 1 aliphatic heterocycles. The van der Waals surface area contributed by atoms with Crippen LogP contribution in [0.2, 0.25) is 10.0 Å². The van der Waals surface area contributed by atoms with Crippen molar-refractivity contribution < 1.29 is 37.1 Å². The quantitative estimate of drug-likeness (QED) is 0.101. The second-order valence-electron chi connectivity index (χ2n) is 17.6. The first-order valence-electron chi connectivity index (χ1n) is 20.9. The summed E-state index contributed by atoms with van der Waals surface area (Å²) >= 11 is 12.9. The van der Waals surface area contributed by atoms with Gasteiger partial charge in [0, 0.05) is 66.0 Å². The standard InChI is InChI=1S/C46H62Cl2N4O8S/c1-30(2)39(29-61(57,58)31(3)4)52-41(32-14-18-35(47)19-15-32)38(34-12-9-13-36(48)26-34)27-46(8,43(52)55)28-40(53)51-37-20-16-33(17-21-37)42(54)49-22-10-24-59-25-11-23-50-44(56)60-45(5,6)7/h9,12-21,26,30-31,38-39,41H,10-11,22-25,27-29H2,1-8H3,(H,49,54)(H,50,56)(H,51,53)/t38-,39-,41-,46-/m1/s1. The van der Waals surface area contributed by atoms with Gasteiger partial charge in [0.15, 0.2) is 9.84 Å². The third-order valence-corrected chi connectivity index (χ3v) is 13.4. The van der Waals surface area contributed by atoms with Gasteiger partial charge in [-0.15, -0.1) is 0 Å². The minimum absolute atomic E-state index is 0.182. The van der Waals surface area contributed by atoms with E-state index >= 15 is 4.79 Å². The second kappa shape index (κ2) is 21.8. The van der Waals surface area contributed by atoms with Crippen molar-refractivity contribution in [3.63, 3.8) is 0 Å². The molecule has 0 saturated carbocycles. The second-order valence-corrected chi connectivity index (χ2v) is 21.1. The van der Waals surface area contributed by atoms with E-state index in [0.29, 0.717) is 60.4 Å². The van der Waals surface area contributed by atoms with Gasteiger partial charge in [0.25, 0.3) is 5.91 Å². The first kappa shape index (κ1) is 49.5. The zero-order valence-corrected chi connectivity index (χ0v) is 38.9. The van der Waals surface area contributed by atoms with Crippen LogP contribution >= 0.6 is 23.2 Å². The van der Waals surface area contributed by atoms with Crippen LogP contribution in [0.15, 0.2) is 72.8 Å². The summed E-state index contributed by atoms with van der Waals surface area (Å²) in [6, 6.07) is 19.9. The fraction of sp³-hybridized carbons (Fsp3) is 0.522. The fourth-order valence-corrected chi connectivity index (χ4v) is 9.19. The van der Waals surface area contributed by atoms with Crippen molar-refractivity contribution in [1.29, 1.82) is 0 Å². The van der Waals surface area contributed by atoms with E-state index in [1.807, 2.05) is 44.2 Å². The summed E-state index contributed by atoms with van der Waals surface area (Å²) in [6.45, 7) is 16.0. The van der Waals surface area contributed by atoms with Crippen molar-refractivity contribution in [2.24, 2.45) is 11.3 Å². The van der Waals surface area contributed by atoms with Crippen LogP contribution in [-0.4, -0.2) is 86.1 Å². The summed E-state index contributed by atoms with van der Waals surface area (Å²) in [6.07, 6.45) is 0.851. The van der Waals surface area contributed by atoms with Crippen molar-refractivity contribution in [2.75, 3.05) is 37.4 Å². The maximum absolute atomic E-state index is 15.1. The summed E-state index contributed by atoms with van der Waals surface area (Å²) in [5.41, 5.74) is 0.716. The lowest BCUT2D eigenvalue weighted by molar-refractivity contribution is -0.157. The maximum Gasteiger partial charge on any atom is 0.407 e. The molecule has 61 heavy (non-hydrogen) atoms. The highest BCUT2D eigenvalue weighted by Gasteiger charge is 2.53. The van der Waals surface area contributed by atoms with E-state index in [1.54, 1.807) is 88.9 Å². The smallest absolute Gasteiger partial charge is 0.407 e. The van der Waals surface area contributed by atoms with E-state index in [9.17, 15) is 22.8 Å². The van der Waals surface area contributed by atoms with Gasteiger partial charge in [0.2, 0.25) is 11.8 Å². The molecule has 4 amide bonds. The van der Waals surface area contributed by atoms with Gasteiger partial charge in [-0.25, -0.2) is 13.2 Å². The molecule has 0 bridgehead atoms. The lowest BCUT2D eigenvalue weighted by Gasteiger charge is -2.53. The molecular weight excluding hydrogens is 839 g/mol. The van der Waals surface area contributed by atoms with Crippen LogP contribution < -0.4 is 16.0 Å². The van der Waals surface area contributed by atoms with E-state index < -0.39 is 50.2 Å². The Labute approximate surface area is 371 Å². The van der Waals surface area contributed by atoms with E-state index in [0.717, 1.165) is 11.1 Å². The topological polar surface area (TPSA) is 160 Å². The molecule has 1 heterocycles. The number of likely N-dealkylation sites (tertiary alicyclic amines) is 1. The molecule has 0 radical (unpaired) electrons. The number of nitrogens with zero attached hydrogens (tertiary/aromatic N) is 1. The highest BCUT2D eigenvalue weighted by atomic mass is 35.5. The number of hydrogen-bond donors (Lipinski definition) is 3. The molecule has 4 atom stereocenters. The summed E-state index contributed by atoms with van der Waals surface area (Å²) in [4.78, 5) is 55.3. The molecule has 12 nitrogen and oxygen atoms in total. The zero-order chi connectivity index (χ0) is 45.1. The number of sulfone groups is 1. The molecule has 0 aromatic heterocycles. The predicted octanol–water partition coefficient (Wildman–Crippen LogP) is 8.98. The first-order chi connectivity index (χ1) is 28.6. The van der Waals surface area contributed by atoms with Gasteiger partial charge in [0.1, 0.15) is 5.60 Å². The third-order valence-electron chi connectivity index (χ3n) is 10.7. The Morgan fingerprint density at radius 1 is 0.869 bits per heavy atom. The zero-order valence-electron chi connectivity index (χ0n) is 36.6. The van der Waals surface area contributed by atoms with Gasteiger partial charge in [-0.2, -0.15) is 0 Å². The molecule has 1 fully saturated rings. The Balaban J connectivity index is 1.45. The molecule has 334 valence electrons. The first-order valence-corrected chi connectivity index (χ1v) is 23.4. The molecule has 1 aliphatic rings. The largest absolute Gasteiger partial charge is 0.444 e. The number of piperidine rings is 1. The van der Waals surface area contributed by atoms with Crippen molar-refractivity contribution in [3.05, 3.63) is 99.5 Å². The molecule has 0 aliphatic carbocycles. The Morgan fingerprint density at radius 3 is 2.07 bits per heavy atom. The van der Waals surface area contributed by atoms with Gasteiger partial charge in [-0.1, -0.05) is 68.2 Å². The Bertz CT molecular complexity index is 2070. The Kier molecular flexibility index (Phi) is 17.7. The monoisotopic (exact) mass is 900 g/mol. The molecular formula is C46H62Cl2N4O8S. The highest BCUT2D eigenvalue weighted by Crippen LogP contribution is 2.52. The van der Waals surface area contributed by atoms with Crippen LogP contribution in [0.3, 0.4) is 0 Å². The average Bonchev–Trinajstić information content (AvgIpc) is 3.17. The summed E-state index contributed by atoms with van der Waals surface area (Å²) < 4.78 is 37.9. The van der Waals surface area contributed by atoms with E-state index in [1.165, 1.54) is 0 Å². The van der Waals surface area contributed by atoms with Crippen molar-refractivity contribution in [3.8, 4) is 0 Å². The number of carbonyl (C=O) groups excluding carboxylic acids is 4. The number of benzene rings is 3. The van der Waals surface area contributed by atoms with Crippen molar-refractivity contribution in [2.45, 2.75) is 110 Å². The van der Waals surface area contributed by atoms with Crippen LogP contribution in [0.4, 0.5) is 10.5 Å². The van der Waals surface area contributed by atoms with Crippen LogP contribution in [0.25, 0.3) is 0 Å². The third kappa shape index (κ3) is 14.4. The van der Waals surface area contributed by atoms with Crippen LogP contribution in [0.1, 0.15) is 115 Å². The molecule has 0 spiro atoms. The maximum atomic E-state index is 15.1. The molecule has 0 unspecified atom stereocenters. The number of alkyl carbamates (subject to hydrolysis) is 1. The number of anilines is 1. The molecule has 3 aromatic rings. The fourth-order valence-electron chi connectivity index (χ4n) is 7.46. The van der Waals surface area contributed by atoms with Gasteiger partial charge in [0.05, 0.1) is 22.5 Å². The van der Waals surface area contributed by atoms with Crippen molar-refractivity contribution in [1.82, 2.24) is 15.5 Å². The number of amides is 4. The van der Waals surface area contributed by atoms with Gasteiger partial charge in [-0.3, -0.25) is 14.4 Å². The van der Waals surface area contributed by atoms with E-state index in [2.05, 4.69) is 16.0 Å². The van der Waals surface area contributed by atoms with E-state index in [-0.39, 0.29) is 42.2 Å². The number of halogens is 2. The van der Waals surface area contributed by atoms with E-state index in [4.69, 9.17) is 32.7 Å². The van der Waals surface area contributed by atoms with Crippen molar-refractivity contribution >= 4 is 62.5 Å². The number of nitrogens with one attached hydrogen (secondary N) is 3. The highest BCUT2D eigenvalue weighted by molar-refractivity contribution is 7.92. The summed E-state index contributed by atoms with van der Waals surface area (Å²) in [7, 11) is -3.61. The van der Waals surface area contributed by atoms with Crippen LogP contribution in [0.5, 0.6) is 0 Å².